The summed E-state index contributed by atoms with van der Waals surface area (Å²) in [6.07, 6.45) is 5.34. The minimum atomic E-state index is 0.178. The standard InChI is InChI=1S/C15H18OS/c1-4-12-5-7-13(8-6-12)15-16-9-14(10-17-15)11(2)3/h1,5-8,11,14-15H,9-10H2,2-3H3. The lowest BCUT2D eigenvalue weighted by molar-refractivity contribution is 0.0625. The highest BCUT2D eigenvalue weighted by atomic mass is 32.2. The molecular weight excluding hydrogens is 228 g/mol. The molecule has 0 radical (unpaired) electrons. The molecule has 0 aliphatic carbocycles. The van der Waals surface area contributed by atoms with Crippen molar-refractivity contribution in [2.24, 2.45) is 11.8 Å². The van der Waals surface area contributed by atoms with Gasteiger partial charge in [-0.3, -0.25) is 0 Å². The van der Waals surface area contributed by atoms with Crippen LogP contribution >= 0.6 is 11.8 Å². The van der Waals surface area contributed by atoms with Crippen LogP contribution in [-0.2, 0) is 4.74 Å². The van der Waals surface area contributed by atoms with Crippen molar-refractivity contribution in [1.82, 2.24) is 0 Å². The van der Waals surface area contributed by atoms with Crippen molar-refractivity contribution in [2.75, 3.05) is 12.4 Å². The van der Waals surface area contributed by atoms with Crippen molar-refractivity contribution in [3.63, 3.8) is 0 Å². The summed E-state index contributed by atoms with van der Waals surface area (Å²) in [6, 6.07) is 8.10. The molecule has 0 amide bonds. The number of rotatable bonds is 2. The van der Waals surface area contributed by atoms with Gasteiger partial charge >= 0.3 is 0 Å². The number of terminal acetylenes is 1. The van der Waals surface area contributed by atoms with Gasteiger partial charge in [0.15, 0.2) is 0 Å². The molecule has 2 heteroatoms. The predicted molar refractivity (Wildman–Crippen MR) is 73.9 cm³/mol. The molecule has 1 aromatic carbocycles. The summed E-state index contributed by atoms with van der Waals surface area (Å²) in [7, 11) is 0. The molecule has 0 aromatic heterocycles. The molecule has 0 bridgehead atoms. The fourth-order valence-electron chi connectivity index (χ4n) is 1.83. The van der Waals surface area contributed by atoms with Crippen LogP contribution in [-0.4, -0.2) is 12.4 Å². The zero-order valence-corrected chi connectivity index (χ0v) is 11.2. The van der Waals surface area contributed by atoms with Gasteiger partial charge in [-0.15, -0.1) is 18.2 Å². The Morgan fingerprint density at radius 2 is 2.06 bits per heavy atom. The summed E-state index contributed by atoms with van der Waals surface area (Å²) in [4.78, 5) is 0. The molecule has 2 atom stereocenters. The molecule has 17 heavy (non-hydrogen) atoms. The third kappa shape index (κ3) is 3.06. The van der Waals surface area contributed by atoms with E-state index in [4.69, 9.17) is 11.2 Å². The fraction of sp³-hybridized carbons (Fsp3) is 0.467. The normalized spacial score (nSPS) is 24.6. The van der Waals surface area contributed by atoms with E-state index in [0.717, 1.165) is 12.2 Å². The summed E-state index contributed by atoms with van der Waals surface area (Å²) in [5, 5.41) is 0. The van der Waals surface area contributed by atoms with Crippen LogP contribution in [0.25, 0.3) is 0 Å². The number of thioether (sulfide) groups is 1. The second-order valence-electron chi connectivity index (χ2n) is 4.77. The van der Waals surface area contributed by atoms with Crippen LogP contribution in [0.2, 0.25) is 0 Å². The van der Waals surface area contributed by atoms with Crippen LogP contribution in [0.15, 0.2) is 24.3 Å². The van der Waals surface area contributed by atoms with E-state index in [1.165, 1.54) is 11.3 Å². The van der Waals surface area contributed by atoms with Crippen molar-refractivity contribution < 1.29 is 4.74 Å². The topological polar surface area (TPSA) is 9.23 Å². The second kappa shape index (κ2) is 5.62. The molecule has 90 valence electrons. The van der Waals surface area contributed by atoms with E-state index in [9.17, 15) is 0 Å². The predicted octanol–water partition coefficient (Wildman–Crippen LogP) is 3.70. The highest BCUT2D eigenvalue weighted by Gasteiger charge is 2.25. The molecule has 1 aliphatic rings. The minimum absolute atomic E-state index is 0.178. The van der Waals surface area contributed by atoms with Crippen LogP contribution in [0.3, 0.4) is 0 Å². The Kier molecular flexibility index (Phi) is 4.15. The highest BCUT2D eigenvalue weighted by Crippen LogP contribution is 2.37. The molecule has 2 rings (SSSR count). The van der Waals surface area contributed by atoms with Gasteiger partial charge in [0.2, 0.25) is 0 Å². The maximum absolute atomic E-state index is 5.92. The SMILES string of the molecule is C#Cc1ccc(C2OCC(C(C)C)CS2)cc1. The van der Waals surface area contributed by atoms with E-state index >= 15 is 0 Å². The Balaban J connectivity index is 1.98. The number of hydrogen-bond acceptors (Lipinski definition) is 2. The van der Waals surface area contributed by atoms with Crippen molar-refractivity contribution in [3.05, 3.63) is 35.4 Å². The largest absolute Gasteiger partial charge is 0.362 e. The van der Waals surface area contributed by atoms with E-state index in [-0.39, 0.29) is 5.44 Å². The maximum atomic E-state index is 5.92. The molecule has 1 saturated heterocycles. The van der Waals surface area contributed by atoms with Gasteiger partial charge in [0, 0.05) is 11.3 Å². The smallest absolute Gasteiger partial charge is 0.128 e. The van der Waals surface area contributed by atoms with Crippen LogP contribution in [0, 0.1) is 24.2 Å². The summed E-state index contributed by atoms with van der Waals surface area (Å²) >= 11 is 1.89. The van der Waals surface area contributed by atoms with Gasteiger partial charge in [0.1, 0.15) is 5.44 Å². The Labute approximate surface area is 108 Å². The van der Waals surface area contributed by atoms with Crippen molar-refractivity contribution in [3.8, 4) is 12.3 Å². The first-order valence-corrected chi connectivity index (χ1v) is 7.05. The fourth-order valence-corrected chi connectivity index (χ4v) is 3.26. The molecular formula is C15H18OS. The van der Waals surface area contributed by atoms with Gasteiger partial charge in [-0.05, 0) is 29.5 Å². The quantitative estimate of drug-likeness (QED) is 0.736. The molecule has 1 heterocycles. The lowest BCUT2D eigenvalue weighted by atomic mass is 9.99. The number of benzene rings is 1. The van der Waals surface area contributed by atoms with Crippen molar-refractivity contribution in [2.45, 2.75) is 19.3 Å². The average Bonchev–Trinajstić information content (AvgIpc) is 2.39. The monoisotopic (exact) mass is 246 g/mol. The lowest BCUT2D eigenvalue weighted by Crippen LogP contribution is -2.24. The van der Waals surface area contributed by atoms with Gasteiger partial charge in [0.05, 0.1) is 6.61 Å². The molecule has 2 unspecified atom stereocenters. The first kappa shape index (κ1) is 12.5. The van der Waals surface area contributed by atoms with E-state index in [2.05, 4.69) is 31.9 Å². The first-order valence-electron chi connectivity index (χ1n) is 6.00. The van der Waals surface area contributed by atoms with Gasteiger partial charge in [-0.25, -0.2) is 0 Å². The van der Waals surface area contributed by atoms with E-state index in [0.29, 0.717) is 11.8 Å². The van der Waals surface area contributed by atoms with E-state index in [1.54, 1.807) is 0 Å². The first-order chi connectivity index (χ1) is 8.20. The van der Waals surface area contributed by atoms with Crippen molar-refractivity contribution >= 4 is 11.8 Å². The summed E-state index contributed by atoms with van der Waals surface area (Å²) in [6.45, 7) is 5.39. The summed E-state index contributed by atoms with van der Waals surface area (Å²) in [5.41, 5.74) is 2.32. The maximum Gasteiger partial charge on any atom is 0.128 e. The molecule has 1 nitrogen and oxygen atoms in total. The zero-order valence-electron chi connectivity index (χ0n) is 10.3. The average molecular weight is 246 g/mol. The van der Waals surface area contributed by atoms with Crippen molar-refractivity contribution in [1.29, 1.82) is 0 Å². The molecule has 0 saturated carbocycles. The number of ether oxygens (including phenoxy) is 1. The van der Waals surface area contributed by atoms with Crippen LogP contribution in [0.4, 0.5) is 0 Å². The molecule has 1 fully saturated rings. The Bertz CT molecular complexity index is 394. The Morgan fingerprint density at radius 3 is 2.53 bits per heavy atom. The Morgan fingerprint density at radius 1 is 1.35 bits per heavy atom. The molecule has 0 spiro atoms. The third-order valence-electron chi connectivity index (χ3n) is 3.22. The summed E-state index contributed by atoms with van der Waals surface area (Å²) in [5.74, 6) is 5.19. The molecule has 1 aliphatic heterocycles. The van der Waals surface area contributed by atoms with Gasteiger partial charge < -0.3 is 4.74 Å². The Hall–Kier alpha value is -0.910. The van der Waals surface area contributed by atoms with E-state index < -0.39 is 0 Å². The minimum Gasteiger partial charge on any atom is -0.362 e. The zero-order chi connectivity index (χ0) is 12.3. The molecule has 0 N–H and O–H groups in total. The van der Waals surface area contributed by atoms with Crippen LogP contribution in [0.5, 0.6) is 0 Å². The third-order valence-corrected chi connectivity index (χ3v) is 4.55. The van der Waals surface area contributed by atoms with Crippen LogP contribution < -0.4 is 0 Å². The number of hydrogen-bond donors (Lipinski definition) is 0. The van der Waals surface area contributed by atoms with Gasteiger partial charge in [-0.2, -0.15) is 0 Å². The molecule has 1 aromatic rings. The lowest BCUT2D eigenvalue weighted by Gasteiger charge is -2.31. The second-order valence-corrected chi connectivity index (χ2v) is 5.86. The van der Waals surface area contributed by atoms with Gasteiger partial charge in [-0.1, -0.05) is 31.9 Å². The van der Waals surface area contributed by atoms with Gasteiger partial charge in [0.25, 0.3) is 0 Å². The van der Waals surface area contributed by atoms with Crippen LogP contribution in [0.1, 0.15) is 30.4 Å². The van der Waals surface area contributed by atoms with E-state index in [1.807, 2.05) is 23.9 Å². The highest BCUT2D eigenvalue weighted by molar-refractivity contribution is 7.99. The summed E-state index contributed by atoms with van der Waals surface area (Å²) < 4.78 is 5.92.